The fraction of sp³-hybridized carbons (Fsp3) is 0.692. The summed E-state index contributed by atoms with van der Waals surface area (Å²) in [5, 5.41) is 2.45. The first kappa shape index (κ1) is 18.1. The van der Waals surface area contributed by atoms with Crippen molar-refractivity contribution >= 4 is 23.6 Å². The van der Waals surface area contributed by atoms with E-state index in [1.165, 1.54) is 20.8 Å². The summed E-state index contributed by atoms with van der Waals surface area (Å²) in [6.07, 6.45) is 0. The predicted molar refractivity (Wildman–Crippen MR) is 69.6 cm³/mol. The van der Waals surface area contributed by atoms with Crippen molar-refractivity contribution in [3.05, 3.63) is 0 Å². The molecule has 1 N–H and O–H groups in total. The topological polar surface area (TPSA) is 98.8 Å². The van der Waals surface area contributed by atoms with Crippen molar-refractivity contribution in [2.45, 2.75) is 33.7 Å². The number of Topliss-reactive ketones (excluding diaryl/α,β-unsaturated/α-hetero) is 1. The van der Waals surface area contributed by atoms with Crippen LogP contribution in [0.25, 0.3) is 0 Å². The van der Waals surface area contributed by atoms with Crippen molar-refractivity contribution in [2.24, 2.45) is 11.8 Å². The van der Waals surface area contributed by atoms with E-state index < -0.39 is 41.5 Å². The molecular weight excluding hydrogens is 266 g/mol. The SMILES string of the molecule is CCOC(=O)C(C)C(NC(C)=O)C(C(C)=O)C(=O)OC. The Morgan fingerprint density at radius 3 is 2.00 bits per heavy atom. The Kier molecular flexibility index (Phi) is 7.49. The Morgan fingerprint density at radius 1 is 1.10 bits per heavy atom. The highest BCUT2D eigenvalue weighted by molar-refractivity contribution is 5.99. The molecule has 0 spiro atoms. The number of nitrogens with one attached hydrogen (secondary N) is 1. The van der Waals surface area contributed by atoms with Crippen LogP contribution in [0.15, 0.2) is 0 Å². The van der Waals surface area contributed by atoms with Crippen LogP contribution in [0.1, 0.15) is 27.7 Å². The van der Waals surface area contributed by atoms with Gasteiger partial charge >= 0.3 is 11.9 Å². The first-order valence-corrected chi connectivity index (χ1v) is 6.28. The van der Waals surface area contributed by atoms with E-state index in [4.69, 9.17) is 4.74 Å². The van der Waals surface area contributed by atoms with Crippen LogP contribution in [0.3, 0.4) is 0 Å². The molecule has 3 atom stereocenters. The van der Waals surface area contributed by atoms with E-state index >= 15 is 0 Å². The van der Waals surface area contributed by atoms with Crippen LogP contribution >= 0.6 is 0 Å². The molecule has 0 aromatic carbocycles. The van der Waals surface area contributed by atoms with Gasteiger partial charge in [0.25, 0.3) is 0 Å². The van der Waals surface area contributed by atoms with Crippen LogP contribution in [0.2, 0.25) is 0 Å². The lowest BCUT2D eigenvalue weighted by atomic mass is 9.86. The molecule has 0 aromatic heterocycles. The number of carbonyl (C=O) groups is 4. The van der Waals surface area contributed by atoms with Crippen molar-refractivity contribution < 1.29 is 28.7 Å². The van der Waals surface area contributed by atoms with Gasteiger partial charge in [-0.25, -0.2) is 0 Å². The normalized spacial score (nSPS) is 14.7. The number of hydrogen-bond acceptors (Lipinski definition) is 6. The number of rotatable bonds is 7. The van der Waals surface area contributed by atoms with E-state index in [-0.39, 0.29) is 6.61 Å². The van der Waals surface area contributed by atoms with Crippen molar-refractivity contribution in [3.8, 4) is 0 Å². The minimum absolute atomic E-state index is 0.166. The molecule has 114 valence electrons. The van der Waals surface area contributed by atoms with Gasteiger partial charge < -0.3 is 14.8 Å². The first-order valence-electron chi connectivity index (χ1n) is 6.28. The lowest BCUT2D eigenvalue weighted by Gasteiger charge is -2.28. The summed E-state index contributed by atoms with van der Waals surface area (Å²) in [7, 11) is 1.14. The summed E-state index contributed by atoms with van der Waals surface area (Å²) < 4.78 is 9.42. The van der Waals surface area contributed by atoms with E-state index in [0.717, 1.165) is 7.11 Å². The summed E-state index contributed by atoms with van der Waals surface area (Å²) >= 11 is 0. The van der Waals surface area contributed by atoms with Gasteiger partial charge in [-0.2, -0.15) is 0 Å². The Labute approximate surface area is 118 Å². The Bertz CT molecular complexity index is 392. The van der Waals surface area contributed by atoms with Crippen LogP contribution < -0.4 is 5.32 Å². The molecule has 0 fully saturated rings. The molecule has 3 unspecified atom stereocenters. The maximum Gasteiger partial charge on any atom is 0.318 e. The smallest absolute Gasteiger partial charge is 0.318 e. The molecule has 20 heavy (non-hydrogen) atoms. The molecule has 1 amide bonds. The highest BCUT2D eigenvalue weighted by Crippen LogP contribution is 2.18. The van der Waals surface area contributed by atoms with E-state index in [1.807, 2.05) is 0 Å². The average Bonchev–Trinajstić information content (AvgIpc) is 2.36. The van der Waals surface area contributed by atoms with Crippen molar-refractivity contribution in [1.29, 1.82) is 0 Å². The van der Waals surface area contributed by atoms with Crippen molar-refractivity contribution in [2.75, 3.05) is 13.7 Å². The molecule has 0 aliphatic rings. The number of esters is 2. The highest BCUT2D eigenvalue weighted by atomic mass is 16.5. The molecule has 0 rings (SSSR count). The van der Waals surface area contributed by atoms with Gasteiger partial charge in [-0.15, -0.1) is 0 Å². The number of methoxy groups -OCH3 is 1. The summed E-state index contributed by atoms with van der Waals surface area (Å²) in [4.78, 5) is 46.4. The minimum Gasteiger partial charge on any atom is -0.468 e. The molecule has 7 heteroatoms. The van der Waals surface area contributed by atoms with Gasteiger partial charge in [0.1, 0.15) is 11.7 Å². The molecule has 7 nitrogen and oxygen atoms in total. The summed E-state index contributed by atoms with van der Waals surface area (Å²) in [6, 6.07) is -1.00. The van der Waals surface area contributed by atoms with Crippen LogP contribution in [0.4, 0.5) is 0 Å². The van der Waals surface area contributed by atoms with E-state index in [9.17, 15) is 19.2 Å². The van der Waals surface area contributed by atoms with Gasteiger partial charge in [0, 0.05) is 6.92 Å². The Morgan fingerprint density at radius 2 is 1.65 bits per heavy atom. The van der Waals surface area contributed by atoms with E-state index in [1.54, 1.807) is 6.92 Å². The number of amides is 1. The van der Waals surface area contributed by atoms with Gasteiger partial charge in [0.05, 0.1) is 25.7 Å². The fourth-order valence-corrected chi connectivity index (χ4v) is 1.84. The molecule has 0 aromatic rings. The second-order valence-corrected chi connectivity index (χ2v) is 4.38. The minimum atomic E-state index is -1.25. The van der Waals surface area contributed by atoms with Gasteiger partial charge in [-0.3, -0.25) is 19.2 Å². The number of ketones is 1. The predicted octanol–water partition coefficient (Wildman–Crippen LogP) is 0.0685. The third kappa shape index (κ3) is 4.99. The summed E-state index contributed by atoms with van der Waals surface area (Å²) in [6.45, 7) is 5.73. The highest BCUT2D eigenvalue weighted by Gasteiger charge is 2.40. The second kappa shape index (κ2) is 8.29. The van der Waals surface area contributed by atoms with Gasteiger partial charge in [0.2, 0.25) is 5.91 Å². The summed E-state index contributed by atoms with van der Waals surface area (Å²) in [5.74, 6) is -4.45. The molecular formula is C13H21NO6. The zero-order valence-corrected chi connectivity index (χ0v) is 12.4. The first-order chi connectivity index (χ1) is 9.26. The third-order valence-electron chi connectivity index (χ3n) is 2.82. The van der Waals surface area contributed by atoms with Crippen LogP contribution in [0.5, 0.6) is 0 Å². The van der Waals surface area contributed by atoms with Crippen LogP contribution in [-0.2, 0) is 28.7 Å². The molecule has 0 aliphatic carbocycles. The standard InChI is InChI=1S/C13H21NO6/c1-6-20-12(17)7(2)11(14-9(4)16)10(8(3)15)13(18)19-5/h7,10-11H,6H2,1-5H3,(H,14,16). The molecule has 0 saturated heterocycles. The fourth-order valence-electron chi connectivity index (χ4n) is 1.84. The average molecular weight is 287 g/mol. The van der Waals surface area contributed by atoms with E-state index in [0.29, 0.717) is 0 Å². The zero-order valence-electron chi connectivity index (χ0n) is 12.4. The zero-order chi connectivity index (χ0) is 15.9. The maximum absolute atomic E-state index is 11.8. The van der Waals surface area contributed by atoms with Crippen LogP contribution in [-0.4, -0.2) is 43.4 Å². The van der Waals surface area contributed by atoms with Gasteiger partial charge in [0.15, 0.2) is 0 Å². The molecule has 0 bridgehead atoms. The van der Waals surface area contributed by atoms with Crippen molar-refractivity contribution in [3.63, 3.8) is 0 Å². The van der Waals surface area contributed by atoms with Gasteiger partial charge in [-0.1, -0.05) is 0 Å². The lowest BCUT2D eigenvalue weighted by Crippen LogP contribution is -2.51. The monoisotopic (exact) mass is 287 g/mol. The number of hydrogen-bond donors (Lipinski definition) is 1. The number of ether oxygens (including phenoxy) is 2. The molecule has 0 heterocycles. The Balaban J connectivity index is 5.38. The lowest BCUT2D eigenvalue weighted by molar-refractivity contribution is -0.154. The number of carbonyl (C=O) groups excluding carboxylic acids is 4. The largest absolute Gasteiger partial charge is 0.468 e. The summed E-state index contributed by atoms with van der Waals surface area (Å²) in [5.41, 5.74) is 0. The van der Waals surface area contributed by atoms with Gasteiger partial charge in [-0.05, 0) is 20.8 Å². The Hall–Kier alpha value is -1.92. The van der Waals surface area contributed by atoms with Crippen LogP contribution in [0, 0.1) is 11.8 Å². The molecule has 0 radical (unpaired) electrons. The molecule has 0 aliphatic heterocycles. The van der Waals surface area contributed by atoms with E-state index in [2.05, 4.69) is 10.1 Å². The molecule has 0 saturated carbocycles. The maximum atomic E-state index is 11.8. The third-order valence-corrected chi connectivity index (χ3v) is 2.82. The second-order valence-electron chi connectivity index (χ2n) is 4.38. The van der Waals surface area contributed by atoms with Crippen molar-refractivity contribution in [1.82, 2.24) is 5.32 Å². The quantitative estimate of drug-likeness (QED) is 0.525.